The molecule has 0 spiro atoms. The lowest BCUT2D eigenvalue weighted by Crippen LogP contribution is -2.21. The lowest BCUT2D eigenvalue weighted by atomic mass is 10.1. The van der Waals surface area contributed by atoms with Crippen molar-refractivity contribution < 1.29 is 4.74 Å². The van der Waals surface area contributed by atoms with Crippen LogP contribution >= 0.6 is 0 Å². The van der Waals surface area contributed by atoms with Gasteiger partial charge in [-0.3, -0.25) is 9.97 Å². The Hall–Kier alpha value is -2.01. The molecular formula is C13H16N4O. The van der Waals surface area contributed by atoms with Gasteiger partial charge >= 0.3 is 0 Å². The molecule has 5 heteroatoms. The lowest BCUT2D eigenvalue weighted by Gasteiger charge is -2.17. The molecule has 0 saturated heterocycles. The SMILES string of the molecule is CNC(c1cccc(C)n1)c1nccnc1OC. The standard InChI is InChI=1S/C13H16N4O/c1-9-5-4-6-10(17-9)11(14-2)12-13(18-3)16-8-7-15-12/h4-8,11,14H,1-3H3. The van der Waals surface area contributed by atoms with Crippen LogP contribution in [0.1, 0.15) is 23.1 Å². The molecule has 2 aromatic heterocycles. The van der Waals surface area contributed by atoms with Crippen molar-refractivity contribution in [1.82, 2.24) is 20.3 Å². The van der Waals surface area contributed by atoms with Gasteiger partial charge in [-0.15, -0.1) is 0 Å². The molecule has 0 aromatic carbocycles. The molecule has 1 atom stereocenters. The van der Waals surface area contributed by atoms with E-state index in [-0.39, 0.29) is 6.04 Å². The summed E-state index contributed by atoms with van der Waals surface area (Å²) in [5.74, 6) is 0.514. The van der Waals surface area contributed by atoms with Crippen molar-refractivity contribution >= 4 is 0 Å². The van der Waals surface area contributed by atoms with Crippen molar-refractivity contribution in [2.45, 2.75) is 13.0 Å². The maximum atomic E-state index is 5.24. The van der Waals surface area contributed by atoms with E-state index in [9.17, 15) is 0 Å². The summed E-state index contributed by atoms with van der Waals surface area (Å²) in [6.45, 7) is 1.96. The Bertz CT molecular complexity index is 530. The molecule has 0 aliphatic rings. The highest BCUT2D eigenvalue weighted by Gasteiger charge is 2.20. The van der Waals surface area contributed by atoms with Crippen molar-refractivity contribution in [3.63, 3.8) is 0 Å². The average Bonchev–Trinajstić information content (AvgIpc) is 2.40. The number of ether oxygens (including phenoxy) is 1. The molecule has 1 unspecified atom stereocenters. The number of hydrogen-bond acceptors (Lipinski definition) is 5. The summed E-state index contributed by atoms with van der Waals surface area (Å²) in [5.41, 5.74) is 2.60. The highest BCUT2D eigenvalue weighted by molar-refractivity contribution is 5.29. The molecule has 0 saturated carbocycles. The van der Waals surface area contributed by atoms with Gasteiger partial charge in [0.05, 0.1) is 18.8 Å². The number of aryl methyl sites for hydroxylation is 1. The molecule has 0 aliphatic heterocycles. The third-order valence-electron chi connectivity index (χ3n) is 2.65. The van der Waals surface area contributed by atoms with Gasteiger partial charge in [-0.25, -0.2) is 4.98 Å². The van der Waals surface area contributed by atoms with E-state index in [2.05, 4.69) is 20.3 Å². The smallest absolute Gasteiger partial charge is 0.237 e. The number of aromatic nitrogens is 3. The zero-order valence-corrected chi connectivity index (χ0v) is 10.7. The summed E-state index contributed by atoms with van der Waals surface area (Å²) in [6, 6.07) is 5.77. The van der Waals surface area contributed by atoms with Crippen LogP contribution in [0.15, 0.2) is 30.6 Å². The van der Waals surface area contributed by atoms with Gasteiger partial charge in [0.2, 0.25) is 5.88 Å². The summed E-state index contributed by atoms with van der Waals surface area (Å²) in [5, 5.41) is 3.19. The first-order valence-corrected chi connectivity index (χ1v) is 5.72. The van der Waals surface area contributed by atoms with Crippen molar-refractivity contribution in [1.29, 1.82) is 0 Å². The predicted octanol–water partition coefficient (Wildman–Crippen LogP) is 1.50. The Morgan fingerprint density at radius 1 is 1.22 bits per heavy atom. The van der Waals surface area contributed by atoms with Gasteiger partial charge in [-0.05, 0) is 26.1 Å². The molecule has 94 valence electrons. The van der Waals surface area contributed by atoms with Crippen LogP contribution in [-0.4, -0.2) is 29.1 Å². The van der Waals surface area contributed by atoms with Crippen LogP contribution in [0.4, 0.5) is 0 Å². The molecule has 0 amide bonds. The van der Waals surface area contributed by atoms with Gasteiger partial charge in [0.1, 0.15) is 5.69 Å². The minimum Gasteiger partial charge on any atom is -0.480 e. The molecule has 1 N–H and O–H groups in total. The van der Waals surface area contributed by atoms with Gasteiger partial charge in [0, 0.05) is 18.1 Å². The molecule has 5 nitrogen and oxygen atoms in total. The Kier molecular flexibility index (Phi) is 3.84. The topological polar surface area (TPSA) is 59.9 Å². The number of hydrogen-bond donors (Lipinski definition) is 1. The molecular weight excluding hydrogens is 228 g/mol. The average molecular weight is 244 g/mol. The quantitative estimate of drug-likeness (QED) is 0.883. The largest absolute Gasteiger partial charge is 0.480 e. The van der Waals surface area contributed by atoms with Gasteiger partial charge in [0.15, 0.2) is 0 Å². The summed E-state index contributed by atoms with van der Waals surface area (Å²) >= 11 is 0. The van der Waals surface area contributed by atoms with Crippen molar-refractivity contribution in [3.05, 3.63) is 47.7 Å². The molecule has 2 aromatic rings. The molecule has 18 heavy (non-hydrogen) atoms. The highest BCUT2D eigenvalue weighted by Crippen LogP contribution is 2.24. The zero-order chi connectivity index (χ0) is 13.0. The summed E-state index contributed by atoms with van der Waals surface area (Å²) < 4.78 is 5.24. The maximum Gasteiger partial charge on any atom is 0.237 e. The van der Waals surface area contributed by atoms with Crippen LogP contribution in [0.5, 0.6) is 5.88 Å². The minimum absolute atomic E-state index is 0.131. The van der Waals surface area contributed by atoms with E-state index in [0.717, 1.165) is 17.1 Å². The Morgan fingerprint density at radius 2 is 2.00 bits per heavy atom. The second-order valence-electron chi connectivity index (χ2n) is 3.88. The first-order valence-electron chi connectivity index (χ1n) is 5.72. The normalized spacial score (nSPS) is 12.2. The summed E-state index contributed by atoms with van der Waals surface area (Å²) in [7, 11) is 3.45. The molecule has 0 radical (unpaired) electrons. The van der Waals surface area contributed by atoms with Crippen LogP contribution in [0.25, 0.3) is 0 Å². The number of rotatable bonds is 4. The van der Waals surface area contributed by atoms with Gasteiger partial charge < -0.3 is 10.1 Å². The molecule has 0 aliphatic carbocycles. The third-order valence-corrected chi connectivity index (χ3v) is 2.65. The summed E-state index contributed by atoms with van der Waals surface area (Å²) in [6.07, 6.45) is 3.26. The van der Waals surface area contributed by atoms with Crippen LogP contribution in [-0.2, 0) is 0 Å². The maximum absolute atomic E-state index is 5.24. The van der Waals surface area contributed by atoms with E-state index < -0.39 is 0 Å². The highest BCUT2D eigenvalue weighted by atomic mass is 16.5. The van der Waals surface area contributed by atoms with Crippen LogP contribution in [0.3, 0.4) is 0 Å². The Labute approximate surface area is 106 Å². The monoisotopic (exact) mass is 244 g/mol. The van der Waals surface area contributed by atoms with E-state index >= 15 is 0 Å². The van der Waals surface area contributed by atoms with Crippen LogP contribution < -0.4 is 10.1 Å². The zero-order valence-electron chi connectivity index (χ0n) is 10.7. The Balaban J connectivity index is 2.45. The van der Waals surface area contributed by atoms with Gasteiger partial charge in [-0.1, -0.05) is 6.07 Å². The molecule has 2 heterocycles. The fourth-order valence-electron chi connectivity index (χ4n) is 1.84. The van der Waals surface area contributed by atoms with E-state index in [4.69, 9.17) is 4.74 Å². The minimum atomic E-state index is -0.131. The van der Waals surface area contributed by atoms with Gasteiger partial charge in [0.25, 0.3) is 0 Å². The van der Waals surface area contributed by atoms with Crippen molar-refractivity contribution in [2.75, 3.05) is 14.2 Å². The number of methoxy groups -OCH3 is 1. The lowest BCUT2D eigenvalue weighted by molar-refractivity contribution is 0.383. The fraction of sp³-hybridized carbons (Fsp3) is 0.308. The molecule has 2 rings (SSSR count). The van der Waals surface area contributed by atoms with Gasteiger partial charge in [-0.2, -0.15) is 0 Å². The number of pyridine rings is 1. The van der Waals surface area contributed by atoms with E-state index in [1.807, 2.05) is 32.2 Å². The number of nitrogens with one attached hydrogen (secondary N) is 1. The number of nitrogens with zero attached hydrogens (tertiary/aromatic N) is 3. The van der Waals surface area contributed by atoms with Crippen molar-refractivity contribution in [3.8, 4) is 5.88 Å². The second kappa shape index (κ2) is 5.55. The predicted molar refractivity (Wildman–Crippen MR) is 68.5 cm³/mol. The summed E-state index contributed by atoms with van der Waals surface area (Å²) in [4.78, 5) is 13.0. The van der Waals surface area contributed by atoms with E-state index in [1.165, 1.54) is 0 Å². The van der Waals surface area contributed by atoms with E-state index in [0.29, 0.717) is 5.88 Å². The third kappa shape index (κ3) is 2.46. The first kappa shape index (κ1) is 12.4. The molecule has 0 fully saturated rings. The van der Waals surface area contributed by atoms with Crippen LogP contribution in [0.2, 0.25) is 0 Å². The molecule has 0 bridgehead atoms. The van der Waals surface area contributed by atoms with Crippen molar-refractivity contribution in [2.24, 2.45) is 0 Å². The second-order valence-corrected chi connectivity index (χ2v) is 3.88. The fourth-order valence-corrected chi connectivity index (χ4v) is 1.84. The Morgan fingerprint density at radius 3 is 2.67 bits per heavy atom. The van der Waals surface area contributed by atoms with Crippen LogP contribution in [0, 0.1) is 6.92 Å². The first-order chi connectivity index (χ1) is 8.76. The van der Waals surface area contributed by atoms with E-state index in [1.54, 1.807) is 19.5 Å².